The van der Waals surface area contributed by atoms with Crippen molar-refractivity contribution in [2.75, 3.05) is 26.2 Å². The number of hydrogen-bond acceptors (Lipinski definition) is 5. The molecule has 4 amide bonds. The van der Waals surface area contributed by atoms with Crippen molar-refractivity contribution in [3.63, 3.8) is 0 Å². The molecule has 3 aliphatic heterocycles. The van der Waals surface area contributed by atoms with Crippen molar-refractivity contribution >= 4 is 23.6 Å². The van der Waals surface area contributed by atoms with Crippen molar-refractivity contribution in [1.82, 2.24) is 20.4 Å². The van der Waals surface area contributed by atoms with E-state index in [1.165, 1.54) is 0 Å². The van der Waals surface area contributed by atoms with E-state index >= 15 is 0 Å². The van der Waals surface area contributed by atoms with Crippen LogP contribution in [-0.4, -0.2) is 65.6 Å². The molecule has 0 aliphatic carbocycles. The van der Waals surface area contributed by atoms with Crippen LogP contribution in [0.3, 0.4) is 0 Å². The highest BCUT2D eigenvalue weighted by atomic mass is 16.2. The topological polar surface area (TPSA) is 98.8 Å². The zero-order chi connectivity index (χ0) is 19.7. The number of amides is 4. The minimum atomic E-state index is -0.594. The summed E-state index contributed by atoms with van der Waals surface area (Å²) in [5.41, 5.74) is 2.69. The van der Waals surface area contributed by atoms with E-state index in [0.717, 1.165) is 37.1 Å². The largest absolute Gasteiger partial charge is 0.340 e. The van der Waals surface area contributed by atoms with Crippen molar-refractivity contribution in [3.05, 3.63) is 34.9 Å². The molecule has 0 saturated carbocycles. The lowest BCUT2D eigenvalue weighted by atomic mass is 9.99. The van der Waals surface area contributed by atoms with E-state index in [1.807, 2.05) is 17.0 Å². The van der Waals surface area contributed by atoms with E-state index in [1.54, 1.807) is 11.0 Å². The summed E-state index contributed by atoms with van der Waals surface area (Å²) in [4.78, 5) is 51.8. The molecule has 1 unspecified atom stereocenters. The maximum Gasteiger partial charge on any atom is 0.255 e. The van der Waals surface area contributed by atoms with Crippen LogP contribution in [0.2, 0.25) is 0 Å². The van der Waals surface area contributed by atoms with E-state index in [9.17, 15) is 19.2 Å². The summed E-state index contributed by atoms with van der Waals surface area (Å²) in [6, 6.07) is 5.09. The lowest BCUT2D eigenvalue weighted by Gasteiger charge is -2.29. The van der Waals surface area contributed by atoms with Crippen molar-refractivity contribution in [2.24, 2.45) is 0 Å². The van der Waals surface area contributed by atoms with Gasteiger partial charge in [-0.3, -0.25) is 24.5 Å². The number of nitrogens with one attached hydrogen (secondary N) is 2. The van der Waals surface area contributed by atoms with Crippen LogP contribution in [0.1, 0.15) is 40.7 Å². The van der Waals surface area contributed by atoms with Crippen LogP contribution in [0.25, 0.3) is 0 Å². The second-order valence-corrected chi connectivity index (χ2v) is 7.50. The highest BCUT2D eigenvalue weighted by Gasteiger charge is 2.39. The Morgan fingerprint density at radius 2 is 2.00 bits per heavy atom. The predicted molar refractivity (Wildman–Crippen MR) is 100 cm³/mol. The zero-order valence-electron chi connectivity index (χ0n) is 15.7. The Morgan fingerprint density at radius 3 is 2.79 bits per heavy atom. The quantitative estimate of drug-likeness (QED) is 0.686. The molecule has 2 fully saturated rings. The van der Waals surface area contributed by atoms with Gasteiger partial charge in [-0.25, -0.2) is 0 Å². The van der Waals surface area contributed by atoms with Crippen molar-refractivity contribution in [1.29, 1.82) is 0 Å². The van der Waals surface area contributed by atoms with Gasteiger partial charge < -0.3 is 15.1 Å². The molecule has 1 aromatic rings. The van der Waals surface area contributed by atoms with Gasteiger partial charge in [-0.2, -0.15) is 0 Å². The van der Waals surface area contributed by atoms with Gasteiger partial charge in [0.25, 0.3) is 5.91 Å². The van der Waals surface area contributed by atoms with Crippen LogP contribution in [-0.2, 0) is 27.3 Å². The van der Waals surface area contributed by atoms with E-state index in [-0.39, 0.29) is 24.1 Å². The van der Waals surface area contributed by atoms with Crippen LogP contribution in [0.15, 0.2) is 18.2 Å². The first-order chi connectivity index (χ1) is 13.5. The fourth-order valence-electron chi connectivity index (χ4n) is 4.23. The minimum Gasteiger partial charge on any atom is -0.340 e. The molecule has 1 atom stereocenters. The zero-order valence-corrected chi connectivity index (χ0v) is 15.7. The summed E-state index contributed by atoms with van der Waals surface area (Å²) in [6.45, 7) is 3.05. The highest BCUT2D eigenvalue weighted by molar-refractivity contribution is 6.05. The molecule has 0 spiro atoms. The summed E-state index contributed by atoms with van der Waals surface area (Å²) in [7, 11) is 0. The van der Waals surface area contributed by atoms with Gasteiger partial charge in [-0.15, -0.1) is 0 Å². The van der Waals surface area contributed by atoms with E-state index in [2.05, 4.69) is 10.6 Å². The van der Waals surface area contributed by atoms with Gasteiger partial charge in [0.05, 0.1) is 6.54 Å². The first kappa shape index (κ1) is 18.6. The Hall–Kier alpha value is -2.74. The standard InChI is InChI=1S/C20H24N4O4/c25-17-7-6-16(19(27)22-17)24-12-15-13(3-1-5-14(15)20(24)28)4-2-9-23-10-8-21-11-18(23)26/h1,3,5,16,21H,2,4,6-12H2,(H,22,25,27). The highest BCUT2D eigenvalue weighted by Crippen LogP contribution is 2.30. The van der Waals surface area contributed by atoms with E-state index < -0.39 is 11.9 Å². The Balaban J connectivity index is 1.43. The van der Waals surface area contributed by atoms with Gasteiger partial charge in [0.15, 0.2) is 0 Å². The summed E-state index contributed by atoms with van der Waals surface area (Å²) in [5, 5.41) is 5.39. The molecule has 4 rings (SSSR count). The average Bonchev–Trinajstić information content (AvgIpc) is 3.01. The Labute approximate surface area is 163 Å². The normalized spacial score (nSPS) is 22.5. The Bertz CT molecular complexity index is 837. The summed E-state index contributed by atoms with van der Waals surface area (Å²) in [5.74, 6) is -0.697. The van der Waals surface area contributed by atoms with Gasteiger partial charge in [-0.1, -0.05) is 12.1 Å². The molecule has 3 aliphatic rings. The van der Waals surface area contributed by atoms with Crippen LogP contribution in [0.4, 0.5) is 0 Å². The Morgan fingerprint density at radius 1 is 1.14 bits per heavy atom. The number of hydrogen-bond donors (Lipinski definition) is 2. The number of carbonyl (C=O) groups is 4. The number of aryl methyl sites for hydroxylation is 1. The molecule has 2 N–H and O–H groups in total. The minimum absolute atomic E-state index is 0.128. The molecule has 8 nitrogen and oxygen atoms in total. The first-order valence-corrected chi connectivity index (χ1v) is 9.78. The molecule has 8 heteroatoms. The summed E-state index contributed by atoms with van der Waals surface area (Å²) < 4.78 is 0. The van der Waals surface area contributed by atoms with Crippen LogP contribution in [0.5, 0.6) is 0 Å². The molecule has 0 aromatic heterocycles. The number of carbonyl (C=O) groups excluding carboxylic acids is 4. The molecule has 28 heavy (non-hydrogen) atoms. The number of nitrogens with zero attached hydrogens (tertiary/aromatic N) is 2. The third-order valence-corrected chi connectivity index (χ3v) is 5.74. The second kappa shape index (κ2) is 7.71. The first-order valence-electron chi connectivity index (χ1n) is 9.78. The third-order valence-electron chi connectivity index (χ3n) is 5.74. The van der Waals surface area contributed by atoms with Crippen molar-refractivity contribution in [2.45, 2.75) is 38.3 Å². The van der Waals surface area contributed by atoms with Gasteiger partial charge in [-0.05, 0) is 36.5 Å². The summed E-state index contributed by atoms with van der Waals surface area (Å²) in [6.07, 6.45) is 2.22. The molecule has 148 valence electrons. The van der Waals surface area contributed by atoms with Crippen molar-refractivity contribution < 1.29 is 19.2 Å². The lowest BCUT2D eigenvalue weighted by molar-refractivity contribution is -0.137. The number of piperazine rings is 1. The predicted octanol–water partition coefficient (Wildman–Crippen LogP) is -0.188. The smallest absolute Gasteiger partial charge is 0.255 e. The van der Waals surface area contributed by atoms with Crippen LogP contribution < -0.4 is 10.6 Å². The molecule has 1 aromatic carbocycles. The van der Waals surface area contributed by atoms with E-state index in [4.69, 9.17) is 0 Å². The number of imide groups is 1. The number of rotatable bonds is 5. The summed E-state index contributed by atoms with van der Waals surface area (Å²) >= 11 is 0. The van der Waals surface area contributed by atoms with Gasteiger partial charge in [0, 0.05) is 38.2 Å². The van der Waals surface area contributed by atoms with Gasteiger partial charge in [0.1, 0.15) is 6.04 Å². The maximum atomic E-state index is 12.8. The molecule has 2 saturated heterocycles. The number of piperidine rings is 1. The monoisotopic (exact) mass is 384 g/mol. The van der Waals surface area contributed by atoms with Crippen LogP contribution in [0, 0.1) is 0 Å². The fourth-order valence-corrected chi connectivity index (χ4v) is 4.23. The number of fused-ring (bicyclic) bond motifs is 1. The SMILES string of the molecule is O=C1CCC(N2Cc3c(CCCN4CCNCC4=O)cccc3C2=O)C(=O)N1. The maximum absolute atomic E-state index is 12.8. The van der Waals surface area contributed by atoms with Crippen LogP contribution >= 0.6 is 0 Å². The molecule has 3 heterocycles. The van der Waals surface area contributed by atoms with E-state index in [0.29, 0.717) is 31.6 Å². The average molecular weight is 384 g/mol. The molecule has 0 radical (unpaired) electrons. The second-order valence-electron chi connectivity index (χ2n) is 7.50. The fraction of sp³-hybridized carbons (Fsp3) is 0.500. The molecule has 0 bridgehead atoms. The number of benzene rings is 1. The molecular weight excluding hydrogens is 360 g/mol. The Kier molecular flexibility index (Phi) is 5.13. The van der Waals surface area contributed by atoms with Gasteiger partial charge >= 0.3 is 0 Å². The third kappa shape index (κ3) is 3.52. The lowest BCUT2D eigenvalue weighted by Crippen LogP contribution is -2.52. The van der Waals surface area contributed by atoms with Crippen molar-refractivity contribution in [3.8, 4) is 0 Å². The molecular formula is C20H24N4O4. The van der Waals surface area contributed by atoms with Gasteiger partial charge in [0.2, 0.25) is 17.7 Å².